The van der Waals surface area contributed by atoms with Crippen LogP contribution in [-0.4, -0.2) is 41.8 Å². The molecule has 1 aliphatic heterocycles. The molecule has 3 amide bonds. The number of nitrogens with zero attached hydrogens (tertiary/aromatic N) is 1. The van der Waals surface area contributed by atoms with E-state index in [4.69, 9.17) is 4.74 Å². The normalized spacial score (nSPS) is 18.0. The second kappa shape index (κ2) is 8.64. The summed E-state index contributed by atoms with van der Waals surface area (Å²) in [7, 11) is 0. The van der Waals surface area contributed by atoms with Crippen LogP contribution in [0.15, 0.2) is 24.3 Å². The van der Waals surface area contributed by atoms with Crippen LogP contribution < -0.4 is 15.6 Å². The van der Waals surface area contributed by atoms with Gasteiger partial charge >= 0.3 is 0 Å². The van der Waals surface area contributed by atoms with Crippen molar-refractivity contribution in [2.24, 2.45) is 11.8 Å². The van der Waals surface area contributed by atoms with Crippen molar-refractivity contribution in [2.45, 2.75) is 33.3 Å². The molecular weight excluding hydrogens is 341 g/mol. The second-order valence-electron chi connectivity index (χ2n) is 6.79. The van der Waals surface area contributed by atoms with Crippen molar-refractivity contribution < 1.29 is 23.5 Å². The van der Waals surface area contributed by atoms with Crippen molar-refractivity contribution in [3.63, 3.8) is 0 Å². The highest BCUT2D eigenvalue weighted by Crippen LogP contribution is 2.19. The minimum atomic E-state index is -0.886. The summed E-state index contributed by atoms with van der Waals surface area (Å²) in [5.74, 6) is -1.25. The van der Waals surface area contributed by atoms with E-state index in [0.717, 1.165) is 0 Å². The molecule has 26 heavy (non-hydrogen) atoms. The van der Waals surface area contributed by atoms with E-state index in [9.17, 15) is 18.8 Å². The highest BCUT2D eigenvalue weighted by Gasteiger charge is 2.34. The van der Waals surface area contributed by atoms with Crippen LogP contribution in [0.3, 0.4) is 0 Å². The van der Waals surface area contributed by atoms with Crippen LogP contribution in [0.25, 0.3) is 0 Å². The third kappa shape index (κ3) is 5.44. The average molecular weight is 365 g/mol. The molecule has 2 rings (SSSR count). The number of ether oxygens (including phenoxy) is 1. The summed E-state index contributed by atoms with van der Waals surface area (Å²) in [4.78, 5) is 37.7. The van der Waals surface area contributed by atoms with Crippen molar-refractivity contribution in [3.8, 4) is 5.75 Å². The third-order valence-corrected chi connectivity index (χ3v) is 3.98. The second-order valence-corrected chi connectivity index (χ2v) is 6.79. The maximum atomic E-state index is 12.9. The number of benzene rings is 1. The number of hydrogen-bond acceptors (Lipinski definition) is 4. The SMILES string of the molecule is CC(C)CN1CC(C(=O)NNC(=O)C(C)Oc2ccc(F)cc2)CC1=O. The number of rotatable bonds is 6. The van der Waals surface area contributed by atoms with Crippen LogP contribution in [0.1, 0.15) is 27.2 Å². The van der Waals surface area contributed by atoms with Gasteiger partial charge in [0.25, 0.3) is 5.91 Å². The monoisotopic (exact) mass is 365 g/mol. The maximum absolute atomic E-state index is 12.9. The molecule has 1 aliphatic rings. The molecule has 1 aromatic carbocycles. The number of hydrogen-bond donors (Lipinski definition) is 2. The number of carbonyl (C=O) groups excluding carboxylic acids is 3. The van der Waals surface area contributed by atoms with Crippen molar-refractivity contribution in [1.29, 1.82) is 0 Å². The van der Waals surface area contributed by atoms with E-state index in [0.29, 0.717) is 24.8 Å². The maximum Gasteiger partial charge on any atom is 0.279 e. The van der Waals surface area contributed by atoms with E-state index in [1.807, 2.05) is 13.8 Å². The highest BCUT2D eigenvalue weighted by atomic mass is 19.1. The fourth-order valence-corrected chi connectivity index (χ4v) is 2.66. The Labute approximate surface area is 151 Å². The van der Waals surface area contributed by atoms with Gasteiger partial charge in [0.05, 0.1) is 5.92 Å². The fraction of sp³-hybridized carbons (Fsp3) is 0.500. The standard InChI is InChI=1S/C18H24FN3O4/c1-11(2)9-22-10-13(8-16(22)23)18(25)21-20-17(24)12(3)26-15-6-4-14(19)5-7-15/h4-7,11-13H,8-10H2,1-3H3,(H,20,24)(H,21,25). The molecule has 8 heteroatoms. The summed E-state index contributed by atoms with van der Waals surface area (Å²) in [6.07, 6.45) is -0.751. The van der Waals surface area contributed by atoms with E-state index < -0.39 is 29.7 Å². The van der Waals surface area contributed by atoms with Gasteiger partial charge in [-0.05, 0) is 37.1 Å². The summed E-state index contributed by atoms with van der Waals surface area (Å²) in [6.45, 7) is 6.47. The summed E-state index contributed by atoms with van der Waals surface area (Å²) < 4.78 is 18.2. The van der Waals surface area contributed by atoms with Crippen molar-refractivity contribution in [1.82, 2.24) is 15.8 Å². The fourth-order valence-electron chi connectivity index (χ4n) is 2.66. The first kappa shape index (κ1) is 19.7. The lowest BCUT2D eigenvalue weighted by atomic mass is 10.1. The van der Waals surface area contributed by atoms with Gasteiger partial charge in [0.1, 0.15) is 11.6 Å². The Bertz CT molecular complexity index is 663. The first-order chi connectivity index (χ1) is 12.3. The Balaban J connectivity index is 1.78. The molecule has 1 saturated heterocycles. The molecule has 1 aromatic rings. The molecule has 2 atom stereocenters. The molecule has 2 unspecified atom stereocenters. The van der Waals surface area contributed by atoms with E-state index in [1.54, 1.807) is 4.90 Å². The van der Waals surface area contributed by atoms with Crippen LogP contribution in [-0.2, 0) is 14.4 Å². The summed E-state index contributed by atoms with van der Waals surface area (Å²) in [5, 5.41) is 0. The van der Waals surface area contributed by atoms with Gasteiger partial charge in [0.15, 0.2) is 6.10 Å². The van der Waals surface area contributed by atoms with Crippen molar-refractivity contribution in [2.75, 3.05) is 13.1 Å². The molecule has 142 valence electrons. The third-order valence-electron chi connectivity index (χ3n) is 3.98. The molecular formula is C18H24FN3O4. The predicted octanol–water partition coefficient (Wildman–Crippen LogP) is 1.24. The van der Waals surface area contributed by atoms with Gasteiger partial charge in [-0.15, -0.1) is 0 Å². The van der Waals surface area contributed by atoms with Crippen LogP contribution in [0.4, 0.5) is 4.39 Å². The largest absolute Gasteiger partial charge is 0.481 e. The number of hydrazine groups is 1. The van der Waals surface area contributed by atoms with Gasteiger partial charge in [0.2, 0.25) is 11.8 Å². The summed E-state index contributed by atoms with van der Waals surface area (Å²) in [5.41, 5.74) is 4.63. The van der Waals surface area contributed by atoms with Crippen LogP contribution in [0.5, 0.6) is 5.75 Å². The first-order valence-corrected chi connectivity index (χ1v) is 8.56. The van der Waals surface area contributed by atoms with Crippen molar-refractivity contribution in [3.05, 3.63) is 30.1 Å². The number of carbonyl (C=O) groups is 3. The zero-order valence-corrected chi connectivity index (χ0v) is 15.1. The molecule has 0 aromatic heterocycles. The topological polar surface area (TPSA) is 87.7 Å². The summed E-state index contributed by atoms with van der Waals surface area (Å²) in [6, 6.07) is 5.26. The number of likely N-dealkylation sites (tertiary alicyclic amines) is 1. The van der Waals surface area contributed by atoms with E-state index in [-0.39, 0.29) is 12.3 Å². The predicted molar refractivity (Wildman–Crippen MR) is 92.3 cm³/mol. The van der Waals surface area contributed by atoms with Gasteiger partial charge in [0, 0.05) is 19.5 Å². The Morgan fingerprint density at radius 2 is 1.88 bits per heavy atom. The molecule has 0 aliphatic carbocycles. The van der Waals surface area contributed by atoms with E-state index in [1.165, 1.54) is 31.2 Å². The molecule has 1 heterocycles. The Morgan fingerprint density at radius 1 is 1.23 bits per heavy atom. The van der Waals surface area contributed by atoms with E-state index in [2.05, 4.69) is 10.9 Å². The van der Waals surface area contributed by atoms with E-state index >= 15 is 0 Å². The zero-order valence-electron chi connectivity index (χ0n) is 15.1. The van der Waals surface area contributed by atoms with Crippen LogP contribution in [0, 0.1) is 17.7 Å². The van der Waals surface area contributed by atoms with Gasteiger partial charge in [-0.3, -0.25) is 25.2 Å². The van der Waals surface area contributed by atoms with Crippen LogP contribution in [0.2, 0.25) is 0 Å². The molecule has 0 bridgehead atoms. The first-order valence-electron chi connectivity index (χ1n) is 8.56. The van der Waals surface area contributed by atoms with Gasteiger partial charge in [-0.1, -0.05) is 13.8 Å². The summed E-state index contributed by atoms with van der Waals surface area (Å²) >= 11 is 0. The number of halogens is 1. The smallest absolute Gasteiger partial charge is 0.279 e. The Morgan fingerprint density at radius 3 is 2.50 bits per heavy atom. The molecule has 2 N–H and O–H groups in total. The quantitative estimate of drug-likeness (QED) is 0.743. The minimum Gasteiger partial charge on any atom is -0.481 e. The van der Waals surface area contributed by atoms with Gasteiger partial charge in [-0.2, -0.15) is 0 Å². The molecule has 1 fully saturated rings. The van der Waals surface area contributed by atoms with Gasteiger partial charge in [-0.25, -0.2) is 4.39 Å². The van der Waals surface area contributed by atoms with Crippen LogP contribution >= 0.6 is 0 Å². The molecule has 7 nitrogen and oxygen atoms in total. The average Bonchev–Trinajstić information content (AvgIpc) is 2.94. The Kier molecular flexibility index (Phi) is 6.54. The number of amides is 3. The lowest BCUT2D eigenvalue weighted by molar-refractivity contribution is -0.134. The van der Waals surface area contributed by atoms with Gasteiger partial charge < -0.3 is 9.64 Å². The zero-order chi connectivity index (χ0) is 19.3. The Hall–Kier alpha value is -2.64. The highest BCUT2D eigenvalue weighted by molar-refractivity contribution is 5.90. The lowest BCUT2D eigenvalue weighted by Gasteiger charge is -2.19. The molecule has 0 spiro atoms. The van der Waals surface area contributed by atoms with Crippen molar-refractivity contribution >= 4 is 17.7 Å². The molecule has 0 saturated carbocycles. The molecule has 0 radical (unpaired) electrons. The number of nitrogens with one attached hydrogen (secondary N) is 2. The minimum absolute atomic E-state index is 0.0572. The lowest BCUT2D eigenvalue weighted by Crippen LogP contribution is -2.49.